The summed E-state index contributed by atoms with van der Waals surface area (Å²) in [5.74, 6) is 0.0501. The Morgan fingerprint density at radius 3 is 2.67 bits per heavy atom. The van der Waals surface area contributed by atoms with Crippen LogP contribution >= 0.6 is 23.2 Å². The highest BCUT2D eigenvalue weighted by Gasteiger charge is 2.15. The highest BCUT2D eigenvalue weighted by Crippen LogP contribution is 2.26. The number of carbonyl (C=O) groups is 1. The summed E-state index contributed by atoms with van der Waals surface area (Å²) in [6.07, 6.45) is 4.66. The van der Waals surface area contributed by atoms with E-state index >= 15 is 0 Å². The summed E-state index contributed by atoms with van der Waals surface area (Å²) >= 11 is 11.9. The Morgan fingerprint density at radius 2 is 1.88 bits per heavy atom. The normalized spacial score (nSPS) is 14.3. The standard InChI is InChI=1S/C20H21Cl2NO/c1-13(16-8-7-15-3-2-4-17(15)12-16)23-20(24)10-6-14-5-9-18(21)19(22)11-14/h5,7-9,11-13H,2-4,6,10H2,1H3,(H,23,24)/t13-/m0/s1. The van der Waals surface area contributed by atoms with Crippen LogP contribution in [0.2, 0.25) is 10.0 Å². The zero-order valence-electron chi connectivity index (χ0n) is 13.7. The zero-order valence-corrected chi connectivity index (χ0v) is 15.3. The number of hydrogen-bond acceptors (Lipinski definition) is 1. The van der Waals surface area contributed by atoms with E-state index in [1.165, 1.54) is 29.5 Å². The minimum Gasteiger partial charge on any atom is -0.350 e. The van der Waals surface area contributed by atoms with Gasteiger partial charge in [0.05, 0.1) is 16.1 Å². The van der Waals surface area contributed by atoms with Gasteiger partial charge < -0.3 is 5.32 Å². The summed E-state index contributed by atoms with van der Waals surface area (Å²) in [6, 6.07) is 12.1. The molecule has 4 heteroatoms. The number of carbonyl (C=O) groups excluding carboxylic acids is 1. The topological polar surface area (TPSA) is 29.1 Å². The number of benzene rings is 2. The van der Waals surface area contributed by atoms with Gasteiger partial charge in [0.1, 0.15) is 0 Å². The lowest BCUT2D eigenvalue weighted by Crippen LogP contribution is -2.26. The molecule has 126 valence electrons. The van der Waals surface area contributed by atoms with E-state index in [0.29, 0.717) is 22.9 Å². The second kappa shape index (κ2) is 7.58. The Hall–Kier alpha value is -1.51. The molecule has 0 unspecified atom stereocenters. The molecule has 0 heterocycles. The van der Waals surface area contributed by atoms with Crippen LogP contribution in [0.5, 0.6) is 0 Å². The Labute approximate surface area is 153 Å². The average Bonchev–Trinajstić information content (AvgIpc) is 3.03. The number of aryl methyl sites for hydroxylation is 3. The first-order chi connectivity index (χ1) is 11.5. The van der Waals surface area contributed by atoms with Gasteiger partial charge in [0.15, 0.2) is 0 Å². The summed E-state index contributed by atoms with van der Waals surface area (Å²) in [5, 5.41) is 4.15. The van der Waals surface area contributed by atoms with Crippen molar-refractivity contribution in [2.45, 2.75) is 45.1 Å². The fourth-order valence-electron chi connectivity index (χ4n) is 3.21. The summed E-state index contributed by atoms with van der Waals surface area (Å²) < 4.78 is 0. The molecule has 1 amide bonds. The molecule has 1 atom stereocenters. The summed E-state index contributed by atoms with van der Waals surface area (Å²) in [5.41, 5.74) is 5.09. The van der Waals surface area contributed by atoms with E-state index in [4.69, 9.17) is 23.2 Å². The van der Waals surface area contributed by atoms with E-state index < -0.39 is 0 Å². The van der Waals surface area contributed by atoms with Crippen LogP contribution in [0, 0.1) is 0 Å². The summed E-state index contributed by atoms with van der Waals surface area (Å²) in [4.78, 5) is 12.2. The van der Waals surface area contributed by atoms with Crippen molar-refractivity contribution in [3.8, 4) is 0 Å². The molecule has 1 N–H and O–H groups in total. The molecule has 0 fully saturated rings. The van der Waals surface area contributed by atoms with Gasteiger partial charge in [0, 0.05) is 6.42 Å². The van der Waals surface area contributed by atoms with Crippen LogP contribution in [0.1, 0.15) is 48.1 Å². The van der Waals surface area contributed by atoms with Gasteiger partial charge in [-0.2, -0.15) is 0 Å². The van der Waals surface area contributed by atoms with Crippen LogP contribution < -0.4 is 5.32 Å². The minimum atomic E-state index is 0.0252. The van der Waals surface area contributed by atoms with Crippen molar-refractivity contribution in [2.75, 3.05) is 0 Å². The van der Waals surface area contributed by atoms with Crippen molar-refractivity contribution in [3.63, 3.8) is 0 Å². The van der Waals surface area contributed by atoms with Crippen molar-refractivity contribution in [3.05, 3.63) is 68.7 Å². The molecular formula is C20H21Cl2NO. The van der Waals surface area contributed by atoms with Gasteiger partial charge in [-0.1, -0.05) is 47.5 Å². The van der Waals surface area contributed by atoms with Gasteiger partial charge >= 0.3 is 0 Å². The van der Waals surface area contributed by atoms with Gasteiger partial charge in [-0.15, -0.1) is 0 Å². The number of halogens is 2. The highest BCUT2D eigenvalue weighted by atomic mass is 35.5. The molecule has 24 heavy (non-hydrogen) atoms. The third-order valence-corrected chi connectivity index (χ3v) is 5.36. The maximum absolute atomic E-state index is 12.2. The first-order valence-corrected chi connectivity index (χ1v) is 9.13. The number of nitrogens with one attached hydrogen (secondary N) is 1. The predicted molar refractivity (Wildman–Crippen MR) is 99.8 cm³/mol. The quantitative estimate of drug-likeness (QED) is 0.769. The van der Waals surface area contributed by atoms with Gasteiger partial charge in [-0.05, 0) is 67.0 Å². The van der Waals surface area contributed by atoms with E-state index in [2.05, 4.69) is 23.5 Å². The predicted octanol–water partition coefficient (Wildman–Crippen LogP) is 5.29. The number of hydrogen-bond donors (Lipinski definition) is 1. The van der Waals surface area contributed by atoms with Crippen LogP contribution in [0.3, 0.4) is 0 Å². The largest absolute Gasteiger partial charge is 0.350 e. The van der Waals surface area contributed by atoms with Crippen molar-refractivity contribution in [2.24, 2.45) is 0 Å². The van der Waals surface area contributed by atoms with Gasteiger partial charge in [-0.25, -0.2) is 0 Å². The molecule has 0 bridgehead atoms. The average molecular weight is 362 g/mol. The molecule has 1 aliphatic rings. The minimum absolute atomic E-state index is 0.0252. The second-order valence-corrected chi connectivity index (χ2v) is 7.23. The Bertz CT molecular complexity index is 757. The molecule has 3 rings (SSSR count). The Kier molecular flexibility index (Phi) is 5.47. The van der Waals surface area contributed by atoms with E-state index in [0.717, 1.165) is 12.0 Å². The molecule has 0 radical (unpaired) electrons. The summed E-state index contributed by atoms with van der Waals surface area (Å²) in [7, 11) is 0. The zero-order chi connectivity index (χ0) is 17.1. The molecule has 0 saturated carbocycles. The van der Waals surface area contributed by atoms with E-state index in [9.17, 15) is 4.79 Å². The lowest BCUT2D eigenvalue weighted by molar-refractivity contribution is -0.121. The van der Waals surface area contributed by atoms with Crippen molar-refractivity contribution in [1.82, 2.24) is 5.32 Å². The molecule has 1 aliphatic carbocycles. The Morgan fingerprint density at radius 1 is 1.08 bits per heavy atom. The fraction of sp³-hybridized carbons (Fsp3) is 0.350. The molecule has 0 saturated heterocycles. The SMILES string of the molecule is C[C@H](NC(=O)CCc1ccc(Cl)c(Cl)c1)c1ccc2c(c1)CCC2. The van der Waals surface area contributed by atoms with Crippen LogP contribution in [0.25, 0.3) is 0 Å². The van der Waals surface area contributed by atoms with Gasteiger partial charge in [0.2, 0.25) is 5.91 Å². The Balaban J connectivity index is 1.55. The molecular weight excluding hydrogens is 341 g/mol. The van der Waals surface area contributed by atoms with E-state index in [1.54, 1.807) is 6.07 Å². The van der Waals surface area contributed by atoms with E-state index in [-0.39, 0.29) is 11.9 Å². The maximum atomic E-state index is 12.2. The molecule has 2 nitrogen and oxygen atoms in total. The van der Waals surface area contributed by atoms with E-state index in [1.807, 2.05) is 19.1 Å². The van der Waals surface area contributed by atoms with Crippen molar-refractivity contribution >= 4 is 29.1 Å². The van der Waals surface area contributed by atoms with Crippen molar-refractivity contribution in [1.29, 1.82) is 0 Å². The molecule has 2 aromatic rings. The molecule has 0 aromatic heterocycles. The van der Waals surface area contributed by atoms with Crippen molar-refractivity contribution < 1.29 is 4.79 Å². The lowest BCUT2D eigenvalue weighted by Gasteiger charge is -2.16. The third kappa shape index (κ3) is 4.12. The van der Waals surface area contributed by atoms with Crippen LogP contribution in [0.4, 0.5) is 0 Å². The second-order valence-electron chi connectivity index (χ2n) is 6.42. The molecule has 0 spiro atoms. The van der Waals surface area contributed by atoms with Crippen LogP contribution in [-0.2, 0) is 24.1 Å². The lowest BCUT2D eigenvalue weighted by atomic mass is 10.0. The third-order valence-electron chi connectivity index (χ3n) is 4.62. The fourth-order valence-corrected chi connectivity index (χ4v) is 3.53. The summed E-state index contributed by atoms with van der Waals surface area (Å²) in [6.45, 7) is 2.04. The maximum Gasteiger partial charge on any atom is 0.220 e. The monoisotopic (exact) mass is 361 g/mol. The van der Waals surface area contributed by atoms with Gasteiger partial charge in [0.25, 0.3) is 0 Å². The number of amides is 1. The van der Waals surface area contributed by atoms with Crippen LogP contribution in [-0.4, -0.2) is 5.91 Å². The first-order valence-electron chi connectivity index (χ1n) is 8.38. The molecule has 0 aliphatic heterocycles. The number of rotatable bonds is 5. The van der Waals surface area contributed by atoms with Gasteiger partial charge in [-0.3, -0.25) is 4.79 Å². The first kappa shape index (κ1) is 17.3. The van der Waals surface area contributed by atoms with Crippen LogP contribution in [0.15, 0.2) is 36.4 Å². The molecule has 2 aromatic carbocycles. The smallest absolute Gasteiger partial charge is 0.220 e. The highest BCUT2D eigenvalue weighted by molar-refractivity contribution is 6.42. The number of fused-ring (bicyclic) bond motifs is 1.